The van der Waals surface area contributed by atoms with Gasteiger partial charge in [0.2, 0.25) is 0 Å². The molecule has 2 aromatic heterocycles. The molecule has 0 N–H and O–H groups in total. The molecule has 5 heteroatoms. The van der Waals surface area contributed by atoms with Gasteiger partial charge in [-0.3, -0.25) is 4.98 Å². The molecular weight excluding hydrogens is 289 g/mol. The lowest BCUT2D eigenvalue weighted by atomic mass is 10.3. The maximum Gasteiger partial charge on any atom is 0.147 e. The number of anilines is 2. The third-order valence-corrected chi connectivity index (χ3v) is 2.93. The van der Waals surface area contributed by atoms with E-state index < -0.39 is 0 Å². The van der Waals surface area contributed by atoms with Gasteiger partial charge in [-0.05, 0) is 34.1 Å². The van der Waals surface area contributed by atoms with Crippen LogP contribution in [-0.4, -0.2) is 17.0 Å². The zero-order valence-electron chi connectivity index (χ0n) is 8.56. The van der Waals surface area contributed by atoms with Crippen molar-refractivity contribution in [3.05, 3.63) is 46.3 Å². The molecule has 0 aromatic carbocycles. The van der Waals surface area contributed by atoms with E-state index in [0.29, 0.717) is 5.02 Å². The van der Waals surface area contributed by atoms with Gasteiger partial charge in [0, 0.05) is 19.4 Å². The normalized spacial score (nSPS) is 10.2. The van der Waals surface area contributed by atoms with Gasteiger partial charge in [-0.2, -0.15) is 0 Å². The minimum atomic E-state index is 0.607. The molecule has 82 valence electrons. The van der Waals surface area contributed by atoms with Gasteiger partial charge < -0.3 is 4.90 Å². The van der Waals surface area contributed by atoms with Crippen molar-refractivity contribution in [1.82, 2.24) is 9.97 Å². The first-order valence-corrected chi connectivity index (χ1v) is 5.80. The molecule has 0 aliphatic rings. The predicted octanol–water partition coefficient (Wildman–Crippen LogP) is 3.66. The van der Waals surface area contributed by atoms with Crippen LogP contribution < -0.4 is 4.90 Å². The van der Waals surface area contributed by atoms with Crippen LogP contribution >= 0.6 is 27.5 Å². The Labute approximate surface area is 107 Å². The minimum Gasteiger partial charge on any atom is -0.327 e. The highest BCUT2D eigenvalue weighted by Gasteiger charge is 2.09. The predicted molar refractivity (Wildman–Crippen MR) is 69.2 cm³/mol. The maximum atomic E-state index is 5.84. The van der Waals surface area contributed by atoms with E-state index >= 15 is 0 Å². The Kier molecular flexibility index (Phi) is 3.41. The molecule has 0 saturated heterocycles. The van der Waals surface area contributed by atoms with Crippen molar-refractivity contribution in [2.75, 3.05) is 11.9 Å². The molecule has 3 nitrogen and oxygen atoms in total. The molecule has 0 bridgehead atoms. The Morgan fingerprint density at radius 1 is 1.38 bits per heavy atom. The molecule has 0 radical (unpaired) electrons. The van der Waals surface area contributed by atoms with Crippen LogP contribution in [0.15, 0.2) is 41.3 Å². The van der Waals surface area contributed by atoms with Gasteiger partial charge in [-0.15, -0.1) is 0 Å². The lowest BCUT2D eigenvalue weighted by Gasteiger charge is -2.18. The van der Waals surface area contributed by atoms with E-state index in [2.05, 4.69) is 25.9 Å². The summed E-state index contributed by atoms with van der Waals surface area (Å²) in [6.45, 7) is 0. The molecule has 0 saturated carbocycles. The number of hydrogen-bond donors (Lipinski definition) is 0. The SMILES string of the molecule is CN(c1cccnc1)c1ncc(Cl)cc1Br. The van der Waals surface area contributed by atoms with Gasteiger partial charge in [0.05, 0.1) is 21.4 Å². The summed E-state index contributed by atoms with van der Waals surface area (Å²) >= 11 is 9.28. The van der Waals surface area contributed by atoms with E-state index in [4.69, 9.17) is 11.6 Å². The highest BCUT2D eigenvalue weighted by molar-refractivity contribution is 9.10. The molecule has 0 spiro atoms. The van der Waals surface area contributed by atoms with Crippen LogP contribution in [-0.2, 0) is 0 Å². The summed E-state index contributed by atoms with van der Waals surface area (Å²) in [4.78, 5) is 10.3. The van der Waals surface area contributed by atoms with Crippen molar-refractivity contribution < 1.29 is 0 Å². The zero-order chi connectivity index (χ0) is 11.5. The van der Waals surface area contributed by atoms with Crippen LogP contribution in [0, 0.1) is 0 Å². The lowest BCUT2D eigenvalue weighted by molar-refractivity contribution is 1.10. The molecule has 0 fully saturated rings. The van der Waals surface area contributed by atoms with Crippen LogP contribution in [0.5, 0.6) is 0 Å². The fraction of sp³-hybridized carbons (Fsp3) is 0.0909. The monoisotopic (exact) mass is 297 g/mol. The first kappa shape index (κ1) is 11.4. The Hall–Kier alpha value is -1.13. The topological polar surface area (TPSA) is 29.0 Å². The van der Waals surface area contributed by atoms with E-state index in [1.165, 1.54) is 0 Å². The standard InChI is InChI=1S/C11H9BrClN3/c1-16(9-3-2-4-14-7-9)11-10(12)5-8(13)6-15-11/h2-7H,1H3. The lowest BCUT2D eigenvalue weighted by Crippen LogP contribution is -2.11. The van der Waals surface area contributed by atoms with Crippen molar-refractivity contribution in [2.24, 2.45) is 0 Å². The van der Waals surface area contributed by atoms with Crippen LogP contribution in [0.4, 0.5) is 11.5 Å². The van der Waals surface area contributed by atoms with Crippen LogP contribution in [0.3, 0.4) is 0 Å². The van der Waals surface area contributed by atoms with Gasteiger partial charge in [0.15, 0.2) is 0 Å². The van der Waals surface area contributed by atoms with Gasteiger partial charge in [0.1, 0.15) is 5.82 Å². The van der Waals surface area contributed by atoms with Crippen molar-refractivity contribution >= 4 is 39.0 Å². The Morgan fingerprint density at radius 3 is 2.81 bits per heavy atom. The van der Waals surface area contributed by atoms with Crippen molar-refractivity contribution in [1.29, 1.82) is 0 Å². The maximum absolute atomic E-state index is 5.84. The Bertz CT molecular complexity index is 490. The highest BCUT2D eigenvalue weighted by atomic mass is 79.9. The molecule has 0 amide bonds. The zero-order valence-corrected chi connectivity index (χ0v) is 10.9. The van der Waals surface area contributed by atoms with Crippen LogP contribution in [0.2, 0.25) is 5.02 Å². The highest BCUT2D eigenvalue weighted by Crippen LogP contribution is 2.29. The molecule has 0 aliphatic carbocycles. The summed E-state index contributed by atoms with van der Waals surface area (Å²) in [5.41, 5.74) is 0.970. The van der Waals surface area contributed by atoms with Crippen LogP contribution in [0.1, 0.15) is 0 Å². The van der Waals surface area contributed by atoms with Crippen molar-refractivity contribution in [3.8, 4) is 0 Å². The third kappa shape index (κ3) is 2.33. The first-order chi connectivity index (χ1) is 7.68. The minimum absolute atomic E-state index is 0.607. The number of rotatable bonds is 2. The average Bonchev–Trinajstić information content (AvgIpc) is 2.29. The smallest absolute Gasteiger partial charge is 0.147 e. The number of halogens is 2. The fourth-order valence-electron chi connectivity index (χ4n) is 1.33. The summed E-state index contributed by atoms with van der Waals surface area (Å²) in [5.74, 6) is 0.803. The van der Waals surface area contributed by atoms with Gasteiger partial charge in [0.25, 0.3) is 0 Å². The molecule has 16 heavy (non-hydrogen) atoms. The van der Waals surface area contributed by atoms with Crippen LogP contribution in [0.25, 0.3) is 0 Å². The van der Waals surface area contributed by atoms with Gasteiger partial charge in [-0.25, -0.2) is 4.98 Å². The second-order valence-electron chi connectivity index (χ2n) is 3.23. The summed E-state index contributed by atoms with van der Waals surface area (Å²) in [5, 5.41) is 0.607. The molecule has 2 aromatic rings. The summed E-state index contributed by atoms with van der Waals surface area (Å²) < 4.78 is 0.853. The fourth-order valence-corrected chi connectivity index (χ4v) is 2.23. The van der Waals surface area contributed by atoms with E-state index in [1.54, 1.807) is 18.6 Å². The molecular formula is C11H9BrClN3. The third-order valence-electron chi connectivity index (χ3n) is 2.14. The van der Waals surface area contributed by atoms with E-state index in [1.807, 2.05) is 30.1 Å². The van der Waals surface area contributed by atoms with E-state index in [-0.39, 0.29) is 0 Å². The Balaban J connectivity index is 2.38. The molecule has 0 unspecified atom stereocenters. The molecule has 2 heterocycles. The Morgan fingerprint density at radius 2 is 2.19 bits per heavy atom. The second-order valence-corrected chi connectivity index (χ2v) is 4.52. The van der Waals surface area contributed by atoms with Gasteiger partial charge in [-0.1, -0.05) is 11.6 Å². The quantitative estimate of drug-likeness (QED) is 0.847. The van der Waals surface area contributed by atoms with Gasteiger partial charge >= 0.3 is 0 Å². The molecule has 0 aliphatic heterocycles. The van der Waals surface area contributed by atoms with E-state index in [0.717, 1.165) is 16.0 Å². The van der Waals surface area contributed by atoms with Crippen molar-refractivity contribution in [3.63, 3.8) is 0 Å². The summed E-state index contributed by atoms with van der Waals surface area (Å²) in [6, 6.07) is 5.67. The summed E-state index contributed by atoms with van der Waals surface area (Å²) in [6.07, 6.45) is 5.14. The average molecular weight is 299 g/mol. The number of hydrogen-bond acceptors (Lipinski definition) is 3. The van der Waals surface area contributed by atoms with E-state index in [9.17, 15) is 0 Å². The molecule has 0 atom stereocenters. The largest absolute Gasteiger partial charge is 0.327 e. The number of aromatic nitrogens is 2. The number of nitrogens with zero attached hydrogens (tertiary/aromatic N) is 3. The van der Waals surface area contributed by atoms with Crippen molar-refractivity contribution in [2.45, 2.75) is 0 Å². The second kappa shape index (κ2) is 4.80. The molecule has 2 rings (SSSR count). The summed E-state index contributed by atoms with van der Waals surface area (Å²) in [7, 11) is 1.93. The number of pyridine rings is 2. The first-order valence-electron chi connectivity index (χ1n) is 4.63.